The molecule has 1 aromatic carbocycles. The summed E-state index contributed by atoms with van der Waals surface area (Å²) in [5.74, 6) is 0. The van der Waals surface area contributed by atoms with Gasteiger partial charge in [0.1, 0.15) is 6.29 Å². The van der Waals surface area contributed by atoms with Crippen LogP contribution in [-0.2, 0) is 4.79 Å². The highest BCUT2D eigenvalue weighted by Crippen LogP contribution is 2.21. The largest absolute Gasteiger partial charge is 0.371 e. The molecule has 0 unspecified atom stereocenters. The zero-order valence-corrected chi connectivity index (χ0v) is 10.7. The molecule has 0 aliphatic rings. The topological polar surface area (TPSA) is 20.3 Å². The monoisotopic (exact) mass is 219 g/mol. The van der Waals surface area contributed by atoms with E-state index in [4.69, 9.17) is 0 Å². The first-order valence-corrected chi connectivity index (χ1v) is 5.76. The lowest BCUT2D eigenvalue weighted by molar-refractivity contribution is -0.114. The maximum Gasteiger partial charge on any atom is 0.127 e. The summed E-state index contributed by atoms with van der Waals surface area (Å²) in [6.45, 7) is 9.82. The van der Waals surface area contributed by atoms with Gasteiger partial charge in [0, 0.05) is 24.2 Å². The summed E-state index contributed by atoms with van der Waals surface area (Å²) in [6.07, 6.45) is 1.03. The van der Waals surface area contributed by atoms with Crippen molar-refractivity contribution in [2.24, 2.45) is 5.41 Å². The zero-order valence-electron chi connectivity index (χ0n) is 10.7. The Morgan fingerprint density at radius 1 is 1.38 bits per heavy atom. The summed E-state index contributed by atoms with van der Waals surface area (Å²) in [5.41, 5.74) is 2.15. The number of anilines is 1. The van der Waals surface area contributed by atoms with Crippen LogP contribution in [-0.4, -0.2) is 19.4 Å². The summed E-state index contributed by atoms with van der Waals surface area (Å²) in [5, 5.41) is 0. The van der Waals surface area contributed by atoms with Crippen molar-refractivity contribution in [3.8, 4) is 0 Å². The Morgan fingerprint density at radius 3 is 2.56 bits per heavy atom. The Balaban J connectivity index is 2.86. The van der Waals surface area contributed by atoms with Gasteiger partial charge in [-0.25, -0.2) is 0 Å². The Bertz CT molecular complexity index is 358. The molecule has 1 aromatic rings. The molecule has 0 saturated heterocycles. The van der Waals surface area contributed by atoms with Crippen LogP contribution in [0.15, 0.2) is 24.3 Å². The molecule has 88 valence electrons. The van der Waals surface area contributed by atoms with Crippen LogP contribution in [0, 0.1) is 12.3 Å². The lowest BCUT2D eigenvalue weighted by Gasteiger charge is -2.30. The van der Waals surface area contributed by atoms with Gasteiger partial charge in [-0.15, -0.1) is 0 Å². The van der Waals surface area contributed by atoms with Crippen molar-refractivity contribution in [2.45, 2.75) is 27.7 Å². The highest BCUT2D eigenvalue weighted by atomic mass is 16.1. The van der Waals surface area contributed by atoms with Crippen LogP contribution in [0.5, 0.6) is 0 Å². The predicted octanol–water partition coefficient (Wildman–Crippen LogP) is 3.05. The van der Waals surface area contributed by atoms with Crippen molar-refractivity contribution in [1.82, 2.24) is 0 Å². The van der Waals surface area contributed by atoms with Gasteiger partial charge in [0.15, 0.2) is 0 Å². The zero-order chi connectivity index (χ0) is 12.2. The van der Waals surface area contributed by atoms with E-state index in [0.29, 0.717) is 0 Å². The number of hydrogen-bond acceptors (Lipinski definition) is 2. The average Bonchev–Trinajstić information content (AvgIpc) is 2.26. The van der Waals surface area contributed by atoms with E-state index < -0.39 is 0 Å². The maximum atomic E-state index is 10.9. The number of aldehydes is 1. The van der Waals surface area contributed by atoms with Gasteiger partial charge in [0.25, 0.3) is 0 Å². The number of aryl methyl sites for hydroxylation is 1. The molecule has 0 atom stereocenters. The molecule has 0 saturated carbocycles. The molecule has 0 fully saturated rings. The number of nitrogens with zero attached hydrogens (tertiary/aromatic N) is 1. The van der Waals surface area contributed by atoms with Crippen LogP contribution in [0.1, 0.15) is 26.3 Å². The van der Waals surface area contributed by atoms with Crippen molar-refractivity contribution in [1.29, 1.82) is 0 Å². The Labute approximate surface area is 98.3 Å². The second kappa shape index (κ2) is 5.15. The lowest BCUT2D eigenvalue weighted by atomic mass is 9.95. The van der Waals surface area contributed by atoms with Crippen LogP contribution >= 0.6 is 0 Å². The van der Waals surface area contributed by atoms with Gasteiger partial charge in [-0.3, -0.25) is 0 Å². The molecule has 2 nitrogen and oxygen atoms in total. The van der Waals surface area contributed by atoms with Crippen molar-refractivity contribution in [2.75, 3.05) is 18.0 Å². The van der Waals surface area contributed by atoms with Gasteiger partial charge in [0.2, 0.25) is 0 Å². The molecule has 0 radical (unpaired) electrons. The minimum Gasteiger partial charge on any atom is -0.371 e. The SMILES string of the molecule is CCN(CC(C)(C)C=O)c1cccc(C)c1. The van der Waals surface area contributed by atoms with E-state index in [1.165, 1.54) is 11.3 Å². The third-order valence-corrected chi connectivity index (χ3v) is 2.67. The highest BCUT2D eigenvalue weighted by Gasteiger charge is 2.20. The molecule has 1 rings (SSSR count). The summed E-state index contributed by atoms with van der Waals surface area (Å²) in [4.78, 5) is 13.2. The van der Waals surface area contributed by atoms with E-state index in [1.807, 2.05) is 13.8 Å². The first-order valence-electron chi connectivity index (χ1n) is 5.76. The van der Waals surface area contributed by atoms with Crippen LogP contribution in [0.25, 0.3) is 0 Å². The number of rotatable bonds is 5. The third-order valence-electron chi connectivity index (χ3n) is 2.67. The number of carbonyl (C=O) groups excluding carboxylic acids is 1. The van der Waals surface area contributed by atoms with E-state index in [1.54, 1.807) is 0 Å². The van der Waals surface area contributed by atoms with Gasteiger partial charge in [-0.05, 0) is 31.5 Å². The second-order valence-corrected chi connectivity index (χ2v) is 4.96. The quantitative estimate of drug-likeness (QED) is 0.709. The molecule has 0 aliphatic carbocycles. The fourth-order valence-electron chi connectivity index (χ4n) is 1.74. The molecule has 0 bridgehead atoms. The number of hydrogen-bond donors (Lipinski definition) is 0. The molecular weight excluding hydrogens is 198 g/mol. The van der Waals surface area contributed by atoms with Crippen molar-refractivity contribution < 1.29 is 4.79 Å². The molecule has 0 aromatic heterocycles. The molecular formula is C14H21NO. The van der Waals surface area contributed by atoms with E-state index in [0.717, 1.165) is 19.4 Å². The van der Waals surface area contributed by atoms with Crippen LogP contribution in [0.3, 0.4) is 0 Å². The molecule has 0 aliphatic heterocycles. The molecule has 0 heterocycles. The summed E-state index contributed by atoms with van der Waals surface area (Å²) in [7, 11) is 0. The molecule has 16 heavy (non-hydrogen) atoms. The molecule has 2 heteroatoms. The first kappa shape index (κ1) is 12.8. The summed E-state index contributed by atoms with van der Waals surface area (Å²) >= 11 is 0. The Morgan fingerprint density at radius 2 is 2.06 bits per heavy atom. The normalized spacial score (nSPS) is 11.2. The maximum absolute atomic E-state index is 10.9. The predicted molar refractivity (Wildman–Crippen MR) is 68.9 cm³/mol. The van der Waals surface area contributed by atoms with E-state index in [9.17, 15) is 4.79 Å². The van der Waals surface area contributed by atoms with Crippen molar-refractivity contribution >= 4 is 12.0 Å². The third kappa shape index (κ3) is 3.37. The number of benzene rings is 1. The standard InChI is InChI=1S/C14H21NO/c1-5-15(10-14(3,4)11-16)13-8-6-7-12(2)9-13/h6-9,11H,5,10H2,1-4H3. The first-order chi connectivity index (χ1) is 7.48. The van der Waals surface area contributed by atoms with Gasteiger partial charge in [-0.2, -0.15) is 0 Å². The summed E-state index contributed by atoms with van der Waals surface area (Å²) in [6, 6.07) is 8.39. The minimum absolute atomic E-state index is 0.292. The van der Waals surface area contributed by atoms with Crippen molar-refractivity contribution in [3.05, 3.63) is 29.8 Å². The van der Waals surface area contributed by atoms with Gasteiger partial charge < -0.3 is 9.69 Å². The lowest BCUT2D eigenvalue weighted by Crippen LogP contribution is -2.35. The van der Waals surface area contributed by atoms with Crippen LogP contribution in [0.4, 0.5) is 5.69 Å². The van der Waals surface area contributed by atoms with Crippen molar-refractivity contribution in [3.63, 3.8) is 0 Å². The smallest absolute Gasteiger partial charge is 0.127 e. The summed E-state index contributed by atoms with van der Waals surface area (Å²) < 4.78 is 0. The molecule has 0 spiro atoms. The molecule has 0 amide bonds. The fraction of sp³-hybridized carbons (Fsp3) is 0.500. The van der Waals surface area contributed by atoms with E-state index in [2.05, 4.69) is 43.0 Å². The Kier molecular flexibility index (Phi) is 4.11. The van der Waals surface area contributed by atoms with Gasteiger partial charge >= 0.3 is 0 Å². The van der Waals surface area contributed by atoms with Crippen LogP contribution in [0.2, 0.25) is 0 Å². The molecule has 0 N–H and O–H groups in total. The Hall–Kier alpha value is -1.31. The van der Waals surface area contributed by atoms with Gasteiger partial charge in [0.05, 0.1) is 0 Å². The van der Waals surface area contributed by atoms with Gasteiger partial charge in [-0.1, -0.05) is 26.0 Å². The average molecular weight is 219 g/mol. The highest BCUT2D eigenvalue weighted by molar-refractivity contribution is 5.60. The van der Waals surface area contributed by atoms with E-state index >= 15 is 0 Å². The van der Waals surface area contributed by atoms with E-state index in [-0.39, 0.29) is 5.41 Å². The van der Waals surface area contributed by atoms with Crippen LogP contribution < -0.4 is 4.90 Å². The minimum atomic E-state index is -0.292. The number of carbonyl (C=O) groups is 1. The fourth-order valence-corrected chi connectivity index (χ4v) is 1.74. The second-order valence-electron chi connectivity index (χ2n) is 4.96.